The number of hydrogen-bond acceptors (Lipinski definition) is 6. The van der Waals surface area contributed by atoms with E-state index in [2.05, 4.69) is 10.1 Å². The summed E-state index contributed by atoms with van der Waals surface area (Å²) in [6, 6.07) is 0. The molecule has 1 fully saturated rings. The van der Waals surface area contributed by atoms with E-state index in [0.717, 1.165) is 17.4 Å². The zero-order valence-electron chi connectivity index (χ0n) is 12.5. The van der Waals surface area contributed by atoms with Gasteiger partial charge in [-0.3, -0.25) is 9.59 Å². The van der Waals surface area contributed by atoms with Gasteiger partial charge in [0.1, 0.15) is 0 Å². The topological polar surface area (TPSA) is 96.0 Å². The first kappa shape index (κ1) is 17.9. The van der Waals surface area contributed by atoms with Crippen molar-refractivity contribution in [1.82, 2.24) is 14.5 Å². The molecule has 0 unspecified atom stereocenters. The van der Waals surface area contributed by atoms with E-state index in [1.54, 1.807) is 4.90 Å². The van der Waals surface area contributed by atoms with Crippen molar-refractivity contribution < 1.29 is 22.7 Å². The molecule has 0 aromatic carbocycles. The number of methoxy groups -OCH3 is 1. The van der Waals surface area contributed by atoms with Crippen LogP contribution in [0.4, 0.5) is 0 Å². The number of nitrogens with zero attached hydrogens (tertiary/aromatic N) is 2. The van der Waals surface area contributed by atoms with E-state index in [1.165, 1.54) is 14.2 Å². The van der Waals surface area contributed by atoms with Gasteiger partial charge in [0, 0.05) is 39.6 Å². The SMILES string of the molecule is COC(=O)CCCS(=O)(=O)N(C)CC(=O)N1CCNCC1. The third-order valence-electron chi connectivity index (χ3n) is 3.31. The van der Waals surface area contributed by atoms with Gasteiger partial charge in [0.2, 0.25) is 15.9 Å². The van der Waals surface area contributed by atoms with Gasteiger partial charge < -0.3 is 15.0 Å². The minimum absolute atomic E-state index is 0.0509. The van der Waals surface area contributed by atoms with Crippen molar-refractivity contribution in [2.45, 2.75) is 12.8 Å². The lowest BCUT2D eigenvalue weighted by Gasteiger charge is -2.29. The molecule has 1 heterocycles. The van der Waals surface area contributed by atoms with E-state index < -0.39 is 16.0 Å². The second kappa shape index (κ2) is 8.30. The molecule has 1 N–H and O–H groups in total. The summed E-state index contributed by atoms with van der Waals surface area (Å²) in [4.78, 5) is 24.6. The number of hydrogen-bond donors (Lipinski definition) is 1. The van der Waals surface area contributed by atoms with E-state index in [9.17, 15) is 18.0 Å². The molecule has 0 aromatic heterocycles. The molecule has 1 amide bonds. The number of carbonyl (C=O) groups is 2. The van der Waals surface area contributed by atoms with Crippen LogP contribution in [-0.4, -0.2) is 82.1 Å². The predicted octanol–water partition coefficient (Wildman–Crippen LogP) is -1.37. The van der Waals surface area contributed by atoms with E-state index in [4.69, 9.17) is 0 Å². The number of rotatable bonds is 7. The van der Waals surface area contributed by atoms with E-state index >= 15 is 0 Å². The Bertz CT molecular complexity index is 460. The average molecular weight is 321 g/mol. The second-order valence-corrected chi connectivity index (χ2v) is 7.08. The largest absolute Gasteiger partial charge is 0.469 e. The molecule has 0 aliphatic carbocycles. The Morgan fingerprint density at radius 3 is 2.48 bits per heavy atom. The van der Waals surface area contributed by atoms with Crippen molar-refractivity contribution in [3.05, 3.63) is 0 Å². The van der Waals surface area contributed by atoms with Crippen LogP contribution in [0.15, 0.2) is 0 Å². The average Bonchev–Trinajstić information content (AvgIpc) is 2.47. The molecule has 9 heteroatoms. The normalized spacial score (nSPS) is 16.0. The smallest absolute Gasteiger partial charge is 0.305 e. The number of carbonyl (C=O) groups excluding carboxylic acids is 2. The Morgan fingerprint density at radius 1 is 1.29 bits per heavy atom. The summed E-state index contributed by atoms with van der Waals surface area (Å²) in [6.45, 7) is 2.47. The quantitative estimate of drug-likeness (QED) is 0.582. The van der Waals surface area contributed by atoms with Gasteiger partial charge in [0.25, 0.3) is 0 Å². The number of sulfonamides is 1. The zero-order chi connectivity index (χ0) is 15.9. The van der Waals surface area contributed by atoms with Crippen molar-refractivity contribution in [2.75, 3.05) is 52.6 Å². The lowest BCUT2D eigenvalue weighted by Crippen LogP contribution is -2.50. The lowest BCUT2D eigenvalue weighted by molar-refractivity contribution is -0.140. The standard InChI is InChI=1S/C12H23N3O5S/c1-14(10-11(16)15-7-5-13-6-8-15)21(18,19)9-3-4-12(17)20-2/h13H,3-10H2,1-2H3. The van der Waals surface area contributed by atoms with Gasteiger partial charge >= 0.3 is 5.97 Å². The molecule has 0 bridgehead atoms. The third kappa shape index (κ3) is 5.98. The van der Waals surface area contributed by atoms with E-state index in [-0.39, 0.29) is 31.0 Å². The van der Waals surface area contributed by atoms with Crippen molar-refractivity contribution in [2.24, 2.45) is 0 Å². The van der Waals surface area contributed by atoms with Gasteiger partial charge in [-0.2, -0.15) is 4.31 Å². The second-order valence-electron chi connectivity index (χ2n) is 4.88. The van der Waals surface area contributed by atoms with Crippen LogP contribution in [0.25, 0.3) is 0 Å². The van der Waals surface area contributed by atoms with Crippen molar-refractivity contribution >= 4 is 21.9 Å². The molecular weight excluding hydrogens is 298 g/mol. The van der Waals surface area contributed by atoms with Crippen LogP contribution in [0.2, 0.25) is 0 Å². The van der Waals surface area contributed by atoms with Gasteiger partial charge in [-0.1, -0.05) is 0 Å². The van der Waals surface area contributed by atoms with E-state index in [1.807, 2.05) is 0 Å². The van der Waals surface area contributed by atoms with Crippen LogP contribution >= 0.6 is 0 Å². The van der Waals surface area contributed by atoms with Crippen LogP contribution in [0.1, 0.15) is 12.8 Å². The Hall–Kier alpha value is -1.19. The number of amides is 1. The molecule has 1 aliphatic rings. The fourth-order valence-electron chi connectivity index (χ4n) is 1.96. The fourth-order valence-corrected chi connectivity index (χ4v) is 3.09. The number of esters is 1. The van der Waals surface area contributed by atoms with Crippen LogP contribution in [-0.2, 0) is 24.3 Å². The first-order valence-corrected chi connectivity index (χ1v) is 8.47. The highest BCUT2D eigenvalue weighted by Crippen LogP contribution is 2.05. The Labute approximate surface area is 125 Å². The van der Waals surface area contributed by atoms with Crippen LogP contribution in [0.5, 0.6) is 0 Å². The van der Waals surface area contributed by atoms with Crippen LogP contribution < -0.4 is 5.32 Å². The first-order chi connectivity index (χ1) is 9.86. The maximum Gasteiger partial charge on any atom is 0.305 e. The molecule has 122 valence electrons. The highest BCUT2D eigenvalue weighted by molar-refractivity contribution is 7.89. The molecule has 1 aliphatic heterocycles. The number of likely N-dealkylation sites (N-methyl/N-ethyl adjacent to an activating group) is 1. The molecular formula is C12H23N3O5S. The van der Waals surface area contributed by atoms with E-state index in [0.29, 0.717) is 13.1 Å². The molecule has 1 saturated heterocycles. The predicted molar refractivity (Wildman–Crippen MR) is 77.1 cm³/mol. The summed E-state index contributed by atoms with van der Waals surface area (Å²) in [5.74, 6) is -0.812. The molecule has 0 spiro atoms. The maximum atomic E-state index is 12.0. The fraction of sp³-hybridized carbons (Fsp3) is 0.833. The Morgan fingerprint density at radius 2 is 1.90 bits per heavy atom. The summed E-state index contributed by atoms with van der Waals surface area (Å²) in [6.07, 6.45) is 0.233. The maximum absolute atomic E-state index is 12.0. The van der Waals surface area contributed by atoms with Gasteiger partial charge in [-0.05, 0) is 6.42 Å². The summed E-state index contributed by atoms with van der Waals surface area (Å²) < 4.78 is 29.5. The van der Waals surface area contributed by atoms with Gasteiger partial charge in [-0.15, -0.1) is 0 Å². The highest BCUT2D eigenvalue weighted by atomic mass is 32.2. The number of ether oxygens (including phenoxy) is 1. The third-order valence-corrected chi connectivity index (χ3v) is 5.20. The van der Waals surface area contributed by atoms with Crippen LogP contribution in [0, 0.1) is 0 Å². The van der Waals surface area contributed by atoms with Crippen molar-refractivity contribution in [3.8, 4) is 0 Å². The van der Waals surface area contributed by atoms with Gasteiger partial charge in [0.05, 0.1) is 19.4 Å². The number of piperazine rings is 1. The highest BCUT2D eigenvalue weighted by Gasteiger charge is 2.24. The summed E-state index contributed by atoms with van der Waals surface area (Å²) in [7, 11) is -0.894. The number of nitrogens with one attached hydrogen (secondary N) is 1. The minimum atomic E-state index is -3.54. The molecule has 0 saturated carbocycles. The molecule has 0 radical (unpaired) electrons. The zero-order valence-corrected chi connectivity index (χ0v) is 13.3. The van der Waals surface area contributed by atoms with Crippen LogP contribution in [0.3, 0.4) is 0 Å². The van der Waals surface area contributed by atoms with Gasteiger partial charge in [-0.25, -0.2) is 8.42 Å². The minimum Gasteiger partial charge on any atom is -0.469 e. The lowest BCUT2D eigenvalue weighted by atomic mass is 10.3. The summed E-state index contributed by atoms with van der Waals surface area (Å²) in [5, 5.41) is 3.13. The Kier molecular flexibility index (Phi) is 7.06. The summed E-state index contributed by atoms with van der Waals surface area (Å²) >= 11 is 0. The monoisotopic (exact) mass is 321 g/mol. The molecule has 8 nitrogen and oxygen atoms in total. The molecule has 1 rings (SSSR count). The van der Waals surface area contributed by atoms with Gasteiger partial charge in [0.15, 0.2) is 0 Å². The van der Waals surface area contributed by atoms with Crippen molar-refractivity contribution in [3.63, 3.8) is 0 Å². The molecule has 0 aromatic rings. The Balaban J connectivity index is 2.42. The molecule has 0 atom stereocenters. The first-order valence-electron chi connectivity index (χ1n) is 6.86. The summed E-state index contributed by atoms with van der Waals surface area (Å²) in [5.41, 5.74) is 0. The van der Waals surface area contributed by atoms with Crippen molar-refractivity contribution in [1.29, 1.82) is 0 Å². The molecule has 21 heavy (non-hydrogen) atoms.